The Balaban J connectivity index is 2.06. The largest absolute Gasteiger partial charge is 0.395 e. The number of fused-ring (bicyclic) bond motifs is 1. The van der Waals surface area contributed by atoms with E-state index < -0.39 is 0 Å². The molecule has 1 aromatic carbocycles. The molecule has 2 atom stereocenters. The number of hydrogen-bond acceptors (Lipinski definition) is 2. The molecule has 1 aliphatic carbocycles. The van der Waals surface area contributed by atoms with E-state index in [1.165, 1.54) is 36.0 Å². The summed E-state index contributed by atoms with van der Waals surface area (Å²) in [7, 11) is 0. The molecule has 2 rings (SSSR count). The van der Waals surface area contributed by atoms with E-state index >= 15 is 0 Å². The molecule has 0 aromatic heterocycles. The van der Waals surface area contributed by atoms with Crippen LogP contribution in [0.2, 0.25) is 0 Å². The van der Waals surface area contributed by atoms with Gasteiger partial charge in [-0.1, -0.05) is 32.0 Å². The maximum absolute atomic E-state index is 9.38. The predicted molar refractivity (Wildman–Crippen MR) is 75.7 cm³/mol. The Kier molecular flexibility index (Phi) is 4.41. The fourth-order valence-corrected chi connectivity index (χ4v) is 2.73. The van der Waals surface area contributed by atoms with Crippen molar-refractivity contribution >= 4 is 0 Å². The van der Waals surface area contributed by atoms with E-state index in [1.54, 1.807) is 0 Å². The lowest BCUT2D eigenvalue weighted by atomic mass is 9.99. The molecule has 2 heteroatoms. The van der Waals surface area contributed by atoms with Gasteiger partial charge in [0, 0.05) is 12.1 Å². The van der Waals surface area contributed by atoms with Gasteiger partial charge in [0.2, 0.25) is 0 Å². The minimum absolute atomic E-state index is 0.174. The van der Waals surface area contributed by atoms with Gasteiger partial charge in [-0.2, -0.15) is 0 Å². The molecule has 0 spiro atoms. The van der Waals surface area contributed by atoms with Crippen molar-refractivity contribution in [2.24, 2.45) is 5.92 Å². The lowest BCUT2D eigenvalue weighted by molar-refractivity contribution is 0.201. The van der Waals surface area contributed by atoms with Crippen LogP contribution in [-0.4, -0.2) is 17.8 Å². The maximum Gasteiger partial charge on any atom is 0.0587 e. The number of rotatable bonds is 5. The van der Waals surface area contributed by atoms with Crippen molar-refractivity contribution in [2.75, 3.05) is 6.61 Å². The summed E-state index contributed by atoms with van der Waals surface area (Å²) in [5, 5.41) is 12.9. The first-order valence-electron chi connectivity index (χ1n) is 7.10. The van der Waals surface area contributed by atoms with E-state index in [0.717, 1.165) is 0 Å². The van der Waals surface area contributed by atoms with Crippen molar-refractivity contribution in [3.05, 3.63) is 34.9 Å². The molecule has 1 aromatic rings. The molecule has 0 saturated carbocycles. The van der Waals surface area contributed by atoms with Crippen molar-refractivity contribution in [2.45, 2.75) is 52.1 Å². The van der Waals surface area contributed by atoms with Gasteiger partial charge in [0.05, 0.1) is 6.61 Å². The second kappa shape index (κ2) is 5.85. The third-order valence-electron chi connectivity index (χ3n) is 4.09. The topological polar surface area (TPSA) is 32.3 Å². The molecule has 2 nitrogen and oxygen atoms in total. The molecule has 2 N–H and O–H groups in total. The minimum Gasteiger partial charge on any atom is -0.395 e. The van der Waals surface area contributed by atoms with Crippen molar-refractivity contribution in [1.82, 2.24) is 5.32 Å². The molecule has 0 fully saturated rings. The van der Waals surface area contributed by atoms with Gasteiger partial charge in [-0.05, 0) is 48.8 Å². The number of nitrogens with one attached hydrogen (secondary N) is 1. The summed E-state index contributed by atoms with van der Waals surface area (Å²) in [6.45, 7) is 6.67. The second-order valence-electron chi connectivity index (χ2n) is 5.80. The van der Waals surface area contributed by atoms with Crippen LogP contribution >= 0.6 is 0 Å². The Labute approximate surface area is 110 Å². The zero-order chi connectivity index (χ0) is 13.1. The van der Waals surface area contributed by atoms with Crippen molar-refractivity contribution in [3.63, 3.8) is 0 Å². The first-order chi connectivity index (χ1) is 8.61. The summed E-state index contributed by atoms with van der Waals surface area (Å²) >= 11 is 0. The van der Waals surface area contributed by atoms with E-state index in [1.807, 2.05) is 0 Å². The van der Waals surface area contributed by atoms with Gasteiger partial charge in [-0.25, -0.2) is 0 Å². The molecule has 0 saturated heterocycles. The normalized spacial score (nSPS) is 17.8. The Morgan fingerprint density at radius 3 is 2.56 bits per heavy atom. The maximum atomic E-state index is 9.38. The Hall–Kier alpha value is -0.860. The molecule has 2 unspecified atom stereocenters. The van der Waals surface area contributed by atoms with Gasteiger partial charge in [-0.3, -0.25) is 0 Å². The zero-order valence-corrected chi connectivity index (χ0v) is 11.7. The molecule has 100 valence electrons. The fourth-order valence-electron chi connectivity index (χ4n) is 2.73. The standard InChI is InChI=1S/C16H25NO/c1-11(2)16(10-18)17-12(3)14-8-7-13-5-4-6-15(13)9-14/h7-9,11-12,16-18H,4-6,10H2,1-3H3. The molecular weight excluding hydrogens is 222 g/mol. The third-order valence-corrected chi connectivity index (χ3v) is 4.09. The Morgan fingerprint density at radius 1 is 1.17 bits per heavy atom. The van der Waals surface area contributed by atoms with E-state index in [0.29, 0.717) is 12.0 Å². The number of aryl methyl sites for hydroxylation is 2. The summed E-state index contributed by atoms with van der Waals surface area (Å²) in [5.74, 6) is 0.451. The summed E-state index contributed by atoms with van der Waals surface area (Å²) in [6, 6.07) is 7.33. The first-order valence-corrected chi connectivity index (χ1v) is 7.10. The van der Waals surface area contributed by atoms with Gasteiger partial charge in [0.25, 0.3) is 0 Å². The lowest BCUT2D eigenvalue weighted by Crippen LogP contribution is -2.38. The van der Waals surface area contributed by atoms with Gasteiger partial charge < -0.3 is 10.4 Å². The number of hydrogen-bond donors (Lipinski definition) is 2. The first kappa shape index (κ1) is 13.6. The Morgan fingerprint density at radius 2 is 1.89 bits per heavy atom. The number of aliphatic hydroxyl groups is 1. The average molecular weight is 247 g/mol. The predicted octanol–water partition coefficient (Wildman–Crippen LogP) is 2.84. The van der Waals surface area contributed by atoms with Crippen LogP contribution < -0.4 is 5.32 Å². The van der Waals surface area contributed by atoms with Crippen molar-refractivity contribution in [3.8, 4) is 0 Å². The van der Waals surface area contributed by atoms with Gasteiger partial charge in [0.15, 0.2) is 0 Å². The zero-order valence-electron chi connectivity index (χ0n) is 11.7. The van der Waals surface area contributed by atoms with Crippen LogP contribution in [0.15, 0.2) is 18.2 Å². The van der Waals surface area contributed by atoms with Crippen LogP contribution in [0.5, 0.6) is 0 Å². The van der Waals surface area contributed by atoms with Crippen molar-refractivity contribution < 1.29 is 5.11 Å². The molecule has 0 heterocycles. The molecule has 0 radical (unpaired) electrons. The lowest BCUT2D eigenvalue weighted by Gasteiger charge is -2.25. The molecule has 0 bridgehead atoms. The number of aliphatic hydroxyl groups excluding tert-OH is 1. The highest BCUT2D eigenvalue weighted by molar-refractivity contribution is 5.36. The average Bonchev–Trinajstić information content (AvgIpc) is 2.82. The molecule has 18 heavy (non-hydrogen) atoms. The van der Waals surface area contributed by atoms with Crippen LogP contribution in [0.4, 0.5) is 0 Å². The second-order valence-corrected chi connectivity index (χ2v) is 5.80. The van der Waals surface area contributed by atoms with Crippen LogP contribution in [0.25, 0.3) is 0 Å². The summed E-state index contributed by atoms with van der Waals surface area (Å²) in [5.41, 5.74) is 4.38. The van der Waals surface area contributed by atoms with Gasteiger partial charge >= 0.3 is 0 Å². The van der Waals surface area contributed by atoms with Crippen LogP contribution in [0.1, 0.15) is 49.9 Å². The minimum atomic E-state index is 0.174. The highest BCUT2D eigenvalue weighted by Gasteiger charge is 2.17. The summed E-state index contributed by atoms with van der Waals surface area (Å²) < 4.78 is 0. The molecular formula is C16H25NO. The third kappa shape index (κ3) is 2.93. The number of benzene rings is 1. The van der Waals surface area contributed by atoms with Crippen LogP contribution in [-0.2, 0) is 12.8 Å². The molecule has 0 aliphatic heterocycles. The highest BCUT2D eigenvalue weighted by atomic mass is 16.3. The van der Waals surface area contributed by atoms with E-state index in [4.69, 9.17) is 0 Å². The van der Waals surface area contributed by atoms with Gasteiger partial charge in [0.1, 0.15) is 0 Å². The van der Waals surface area contributed by atoms with E-state index in [9.17, 15) is 5.11 Å². The van der Waals surface area contributed by atoms with Gasteiger partial charge in [-0.15, -0.1) is 0 Å². The van der Waals surface area contributed by atoms with Crippen molar-refractivity contribution in [1.29, 1.82) is 0 Å². The van der Waals surface area contributed by atoms with E-state index in [2.05, 4.69) is 44.3 Å². The SMILES string of the molecule is CC(NC(CO)C(C)C)c1ccc2c(c1)CCC2. The van der Waals surface area contributed by atoms with Crippen LogP contribution in [0, 0.1) is 5.92 Å². The molecule has 1 aliphatic rings. The quantitative estimate of drug-likeness (QED) is 0.838. The highest BCUT2D eigenvalue weighted by Crippen LogP contribution is 2.25. The summed E-state index contributed by atoms with van der Waals surface area (Å²) in [6.07, 6.45) is 3.76. The molecule has 0 amide bonds. The Bertz CT molecular complexity index is 400. The summed E-state index contributed by atoms with van der Waals surface area (Å²) in [4.78, 5) is 0. The smallest absolute Gasteiger partial charge is 0.0587 e. The van der Waals surface area contributed by atoms with Crippen LogP contribution in [0.3, 0.4) is 0 Å². The fraction of sp³-hybridized carbons (Fsp3) is 0.625. The van der Waals surface area contributed by atoms with E-state index in [-0.39, 0.29) is 12.6 Å². The monoisotopic (exact) mass is 247 g/mol.